The van der Waals surface area contributed by atoms with Crippen LogP contribution in [0.25, 0.3) is 21.3 Å². The molecular formula is C27H28FN5O4S2. The average molecular weight is 570 g/mol. The molecule has 4 heterocycles. The third-order valence-corrected chi connectivity index (χ3v) is 9.73. The van der Waals surface area contributed by atoms with Crippen molar-refractivity contribution in [3.05, 3.63) is 62.1 Å². The molecule has 0 spiro atoms. The third kappa shape index (κ3) is 4.95. The maximum Gasteiger partial charge on any atom is 0.333 e. The van der Waals surface area contributed by atoms with Crippen molar-refractivity contribution in [3.8, 4) is 5.75 Å². The molecule has 0 bridgehead atoms. The second-order valence-corrected chi connectivity index (χ2v) is 12.3. The maximum atomic E-state index is 14.1. The molecule has 1 aromatic carbocycles. The Balaban J connectivity index is 1.23. The molecule has 0 radical (unpaired) electrons. The van der Waals surface area contributed by atoms with Gasteiger partial charge in [-0.1, -0.05) is 0 Å². The number of carbonyl (C=O) groups is 1. The first-order valence-electron chi connectivity index (χ1n) is 13.1. The van der Waals surface area contributed by atoms with Gasteiger partial charge in [-0.05, 0) is 74.3 Å². The highest BCUT2D eigenvalue weighted by molar-refractivity contribution is 7.99. The monoisotopic (exact) mass is 569 g/mol. The van der Waals surface area contributed by atoms with Gasteiger partial charge >= 0.3 is 5.69 Å². The van der Waals surface area contributed by atoms with E-state index in [2.05, 4.69) is 15.3 Å². The van der Waals surface area contributed by atoms with Crippen molar-refractivity contribution in [3.63, 3.8) is 0 Å². The van der Waals surface area contributed by atoms with Crippen molar-refractivity contribution >= 4 is 50.3 Å². The molecule has 9 nitrogen and oxygen atoms in total. The molecule has 1 aliphatic heterocycles. The van der Waals surface area contributed by atoms with Gasteiger partial charge in [-0.3, -0.25) is 18.7 Å². The summed E-state index contributed by atoms with van der Waals surface area (Å²) in [6.07, 6.45) is 4.98. The lowest BCUT2D eigenvalue weighted by Crippen LogP contribution is -2.46. The van der Waals surface area contributed by atoms with Gasteiger partial charge in [-0.25, -0.2) is 19.2 Å². The first-order valence-corrected chi connectivity index (χ1v) is 15.1. The molecule has 1 saturated carbocycles. The predicted octanol–water partition coefficient (Wildman–Crippen LogP) is 4.30. The normalized spacial score (nSPS) is 20.4. The van der Waals surface area contributed by atoms with Gasteiger partial charge in [-0.15, -0.1) is 11.3 Å². The largest absolute Gasteiger partial charge is 0.497 e. The van der Waals surface area contributed by atoms with Crippen molar-refractivity contribution < 1.29 is 13.9 Å². The summed E-state index contributed by atoms with van der Waals surface area (Å²) in [6, 6.07) is 6.19. The fourth-order valence-electron chi connectivity index (χ4n) is 5.65. The second kappa shape index (κ2) is 10.7. The molecule has 6 rings (SSSR count). The smallest absolute Gasteiger partial charge is 0.333 e. The number of thioether (sulfide) groups is 1. The quantitative estimate of drug-likeness (QED) is 0.382. The van der Waals surface area contributed by atoms with Crippen molar-refractivity contribution in [2.75, 3.05) is 18.6 Å². The molecular weight excluding hydrogens is 541 g/mol. The summed E-state index contributed by atoms with van der Waals surface area (Å²) in [7, 11) is 1.60. The average Bonchev–Trinajstić information content (AvgIpc) is 3.39. The van der Waals surface area contributed by atoms with Crippen LogP contribution in [-0.4, -0.2) is 49.7 Å². The van der Waals surface area contributed by atoms with Crippen LogP contribution in [0.4, 0.5) is 4.39 Å². The van der Waals surface area contributed by atoms with Gasteiger partial charge in [0, 0.05) is 18.1 Å². The van der Waals surface area contributed by atoms with Crippen molar-refractivity contribution in [1.82, 2.24) is 24.4 Å². The summed E-state index contributed by atoms with van der Waals surface area (Å²) in [5.74, 6) is 1.72. The summed E-state index contributed by atoms with van der Waals surface area (Å²) in [5, 5.41) is 3.59. The molecule has 1 saturated heterocycles. The fourth-order valence-corrected chi connectivity index (χ4v) is 7.63. The highest BCUT2D eigenvalue weighted by Crippen LogP contribution is 2.31. The predicted molar refractivity (Wildman–Crippen MR) is 151 cm³/mol. The van der Waals surface area contributed by atoms with E-state index in [1.807, 2.05) is 30.0 Å². The van der Waals surface area contributed by atoms with Gasteiger partial charge in [0.15, 0.2) is 5.01 Å². The number of fused-ring (bicyclic) bond motifs is 2. The standard InChI is InChI=1S/C27H28FN5O4S2/c1-37-19-6-7-21-22(13-19)39-25(31-21)24(34)30-16-2-4-17(5-3-16)33-26(35)20-12-15(28)14-29-23(20)32(27(33)36)18-8-10-38-11-9-18/h6-7,12-14,16-18H,2-5,8-11H2,1H3,(H,30,34). The molecule has 39 heavy (non-hydrogen) atoms. The number of thiazole rings is 1. The zero-order valence-corrected chi connectivity index (χ0v) is 23.0. The Morgan fingerprint density at radius 2 is 1.79 bits per heavy atom. The van der Waals surface area contributed by atoms with Crippen LogP contribution in [-0.2, 0) is 0 Å². The molecule has 12 heteroatoms. The van der Waals surface area contributed by atoms with Crippen LogP contribution in [0.1, 0.15) is 60.4 Å². The lowest BCUT2D eigenvalue weighted by molar-refractivity contribution is 0.0921. The number of nitrogens with one attached hydrogen (secondary N) is 1. The number of hydrogen-bond donors (Lipinski definition) is 1. The zero-order valence-electron chi connectivity index (χ0n) is 21.4. The minimum Gasteiger partial charge on any atom is -0.497 e. The maximum absolute atomic E-state index is 14.1. The topological polar surface area (TPSA) is 108 Å². The Bertz CT molecular complexity index is 1670. The van der Waals surface area contributed by atoms with Crippen LogP contribution in [0.3, 0.4) is 0 Å². The number of pyridine rings is 1. The summed E-state index contributed by atoms with van der Waals surface area (Å²) in [4.78, 5) is 48.8. The highest BCUT2D eigenvalue weighted by Gasteiger charge is 2.30. The minimum absolute atomic E-state index is 0.0736. The van der Waals surface area contributed by atoms with E-state index < -0.39 is 11.4 Å². The highest BCUT2D eigenvalue weighted by atomic mass is 32.2. The Morgan fingerprint density at radius 3 is 2.54 bits per heavy atom. The van der Waals surface area contributed by atoms with Gasteiger partial charge in [0.1, 0.15) is 17.2 Å². The number of rotatable bonds is 5. The van der Waals surface area contributed by atoms with Crippen LogP contribution >= 0.6 is 23.1 Å². The van der Waals surface area contributed by atoms with Crippen LogP contribution in [0.15, 0.2) is 40.1 Å². The number of carbonyl (C=O) groups excluding carboxylic acids is 1. The summed E-state index contributed by atoms with van der Waals surface area (Å²) >= 11 is 3.15. The van der Waals surface area contributed by atoms with Crippen molar-refractivity contribution in [1.29, 1.82) is 0 Å². The molecule has 3 aromatic heterocycles. The molecule has 1 N–H and O–H groups in total. The molecule has 2 fully saturated rings. The Kier molecular flexibility index (Phi) is 7.15. The second-order valence-electron chi connectivity index (χ2n) is 10.0. The van der Waals surface area contributed by atoms with Gasteiger partial charge < -0.3 is 10.1 Å². The van der Waals surface area contributed by atoms with Gasteiger partial charge in [-0.2, -0.15) is 11.8 Å². The van der Waals surface area contributed by atoms with E-state index in [1.54, 1.807) is 11.7 Å². The van der Waals surface area contributed by atoms with Gasteiger partial charge in [0.2, 0.25) is 0 Å². The van der Waals surface area contributed by atoms with E-state index in [0.717, 1.165) is 40.8 Å². The van der Waals surface area contributed by atoms with Gasteiger partial charge in [0.05, 0.1) is 28.9 Å². The number of hydrogen-bond acceptors (Lipinski definition) is 8. The molecule has 0 unspecified atom stereocenters. The van der Waals surface area contributed by atoms with Crippen LogP contribution in [0, 0.1) is 5.82 Å². The van der Waals surface area contributed by atoms with E-state index in [1.165, 1.54) is 22.0 Å². The number of nitrogens with zero attached hydrogens (tertiary/aromatic N) is 4. The minimum atomic E-state index is -0.602. The lowest BCUT2D eigenvalue weighted by Gasteiger charge is -2.31. The summed E-state index contributed by atoms with van der Waals surface area (Å²) in [6.45, 7) is 0. The Hall–Kier alpha value is -3.25. The zero-order chi connectivity index (χ0) is 27.1. The summed E-state index contributed by atoms with van der Waals surface area (Å²) in [5.41, 5.74) is 0.125. The number of benzene rings is 1. The van der Waals surface area contributed by atoms with E-state index in [9.17, 15) is 18.8 Å². The molecule has 2 aliphatic rings. The molecule has 4 aromatic rings. The van der Waals surface area contributed by atoms with E-state index in [-0.39, 0.29) is 40.8 Å². The summed E-state index contributed by atoms with van der Waals surface area (Å²) < 4.78 is 23.2. The molecule has 1 amide bonds. The third-order valence-electron chi connectivity index (χ3n) is 7.67. The first kappa shape index (κ1) is 26.0. The van der Waals surface area contributed by atoms with Crippen molar-refractivity contribution in [2.24, 2.45) is 0 Å². The number of ether oxygens (including phenoxy) is 1. The van der Waals surface area contributed by atoms with E-state index in [4.69, 9.17) is 4.74 Å². The Labute approximate surface area is 231 Å². The van der Waals surface area contributed by atoms with Crippen molar-refractivity contribution in [2.45, 2.75) is 56.7 Å². The van der Waals surface area contributed by atoms with E-state index >= 15 is 0 Å². The Morgan fingerprint density at radius 1 is 1.05 bits per heavy atom. The molecule has 204 valence electrons. The lowest BCUT2D eigenvalue weighted by atomic mass is 9.91. The number of halogens is 1. The van der Waals surface area contributed by atoms with Gasteiger partial charge in [0.25, 0.3) is 11.5 Å². The first-order chi connectivity index (χ1) is 18.9. The fraction of sp³-hybridized carbons (Fsp3) is 0.444. The number of methoxy groups -OCH3 is 1. The molecule has 0 atom stereocenters. The number of amides is 1. The molecule has 1 aliphatic carbocycles. The number of aromatic nitrogens is 4. The van der Waals surface area contributed by atoms with Crippen LogP contribution < -0.4 is 21.3 Å². The van der Waals surface area contributed by atoms with Crippen LogP contribution in [0.2, 0.25) is 0 Å². The SMILES string of the molecule is COc1ccc2nc(C(=O)NC3CCC(n4c(=O)c5cc(F)cnc5n(C5CCSCC5)c4=O)CC3)sc2c1. The van der Waals surface area contributed by atoms with Crippen LogP contribution in [0.5, 0.6) is 5.75 Å². The van der Waals surface area contributed by atoms with E-state index in [0.29, 0.717) is 36.4 Å².